The summed E-state index contributed by atoms with van der Waals surface area (Å²) in [5.74, 6) is 0.845. The molecule has 0 heterocycles. The van der Waals surface area contributed by atoms with Gasteiger partial charge in [0.05, 0.1) is 0 Å². The van der Waals surface area contributed by atoms with Gasteiger partial charge in [-0.15, -0.1) is 0 Å². The molecule has 0 aromatic heterocycles. The Morgan fingerprint density at radius 3 is 2.45 bits per heavy atom. The zero-order chi connectivity index (χ0) is 14.7. The Morgan fingerprint density at radius 1 is 1.10 bits per heavy atom. The number of nitrogens with two attached hydrogens (primary N) is 1. The molecule has 0 saturated carbocycles. The molecule has 0 aliphatic carbocycles. The van der Waals surface area contributed by atoms with Crippen LogP contribution in [0.15, 0.2) is 51.4 Å². The first-order valence-corrected chi connectivity index (χ1v) is 8.00. The van der Waals surface area contributed by atoms with Gasteiger partial charge in [-0.2, -0.15) is 0 Å². The Balaban J connectivity index is 2.36. The first kappa shape index (κ1) is 15.5. The number of hydrogen-bond donors (Lipinski definition) is 1. The maximum absolute atomic E-state index is 6.17. The second kappa shape index (κ2) is 6.74. The molecule has 2 atom stereocenters. The van der Waals surface area contributed by atoms with Gasteiger partial charge in [0.2, 0.25) is 0 Å². The van der Waals surface area contributed by atoms with Crippen molar-refractivity contribution >= 4 is 31.9 Å². The van der Waals surface area contributed by atoms with E-state index in [0.29, 0.717) is 0 Å². The van der Waals surface area contributed by atoms with Crippen molar-refractivity contribution in [1.29, 1.82) is 0 Å². The lowest BCUT2D eigenvalue weighted by atomic mass is 10.0. The van der Waals surface area contributed by atoms with E-state index in [4.69, 9.17) is 10.5 Å². The molecule has 0 aliphatic heterocycles. The summed E-state index contributed by atoms with van der Waals surface area (Å²) in [5.41, 5.74) is 8.26. The number of rotatable bonds is 4. The molecule has 2 rings (SSSR count). The third-order valence-corrected chi connectivity index (χ3v) is 4.31. The molecule has 2 unspecified atom stereocenters. The van der Waals surface area contributed by atoms with Crippen molar-refractivity contribution in [3.63, 3.8) is 0 Å². The SMILES string of the molecule is Cc1ccc(Br)cc1OC(c1ccccc1Br)C(C)N. The Hall–Kier alpha value is -0.840. The molecule has 0 fully saturated rings. The second-order valence-electron chi connectivity index (χ2n) is 4.83. The third-order valence-electron chi connectivity index (χ3n) is 3.09. The van der Waals surface area contributed by atoms with E-state index >= 15 is 0 Å². The highest BCUT2D eigenvalue weighted by atomic mass is 79.9. The molecule has 106 valence electrons. The Kier molecular flexibility index (Phi) is 5.24. The van der Waals surface area contributed by atoms with Crippen LogP contribution in [0.4, 0.5) is 0 Å². The quantitative estimate of drug-likeness (QED) is 0.787. The number of ether oxygens (including phenoxy) is 1. The fourth-order valence-electron chi connectivity index (χ4n) is 2.00. The Morgan fingerprint density at radius 2 is 1.80 bits per heavy atom. The predicted molar refractivity (Wildman–Crippen MR) is 90.0 cm³/mol. The summed E-state index contributed by atoms with van der Waals surface area (Å²) in [4.78, 5) is 0. The van der Waals surface area contributed by atoms with Gasteiger partial charge in [-0.05, 0) is 37.6 Å². The van der Waals surface area contributed by atoms with Gasteiger partial charge >= 0.3 is 0 Å². The van der Waals surface area contributed by atoms with Crippen molar-refractivity contribution in [3.05, 3.63) is 62.5 Å². The second-order valence-corrected chi connectivity index (χ2v) is 6.60. The molecule has 0 saturated heterocycles. The lowest BCUT2D eigenvalue weighted by Crippen LogP contribution is -2.29. The highest BCUT2D eigenvalue weighted by Gasteiger charge is 2.21. The lowest BCUT2D eigenvalue weighted by Gasteiger charge is -2.25. The summed E-state index contributed by atoms with van der Waals surface area (Å²) in [6.07, 6.45) is -0.196. The summed E-state index contributed by atoms with van der Waals surface area (Å²) in [6, 6.07) is 13.9. The summed E-state index contributed by atoms with van der Waals surface area (Å²) in [6.45, 7) is 3.98. The fraction of sp³-hybridized carbons (Fsp3) is 0.250. The van der Waals surface area contributed by atoms with Gasteiger partial charge in [0.1, 0.15) is 11.9 Å². The smallest absolute Gasteiger partial charge is 0.140 e. The van der Waals surface area contributed by atoms with Crippen LogP contribution < -0.4 is 10.5 Å². The monoisotopic (exact) mass is 397 g/mol. The van der Waals surface area contributed by atoms with E-state index in [0.717, 1.165) is 25.8 Å². The predicted octanol–water partition coefficient (Wildman–Crippen LogP) is 4.99. The molecular weight excluding hydrogens is 382 g/mol. The first-order valence-electron chi connectivity index (χ1n) is 6.42. The molecule has 0 bridgehead atoms. The van der Waals surface area contributed by atoms with Gasteiger partial charge in [0, 0.05) is 20.6 Å². The van der Waals surface area contributed by atoms with Gasteiger partial charge in [0.25, 0.3) is 0 Å². The van der Waals surface area contributed by atoms with Gasteiger partial charge in [-0.1, -0.05) is 56.1 Å². The summed E-state index contributed by atoms with van der Waals surface area (Å²) >= 11 is 7.04. The van der Waals surface area contributed by atoms with Crippen LogP contribution in [0, 0.1) is 6.92 Å². The summed E-state index contributed by atoms with van der Waals surface area (Å²) < 4.78 is 8.17. The zero-order valence-corrected chi connectivity index (χ0v) is 14.6. The van der Waals surface area contributed by atoms with Crippen molar-refractivity contribution in [1.82, 2.24) is 0 Å². The van der Waals surface area contributed by atoms with Crippen LogP contribution in [0.25, 0.3) is 0 Å². The molecule has 2 N–H and O–H groups in total. The number of hydrogen-bond acceptors (Lipinski definition) is 2. The normalized spacial score (nSPS) is 13.8. The highest BCUT2D eigenvalue weighted by molar-refractivity contribution is 9.10. The van der Waals surface area contributed by atoms with Gasteiger partial charge in [-0.3, -0.25) is 0 Å². The van der Waals surface area contributed by atoms with Crippen LogP contribution >= 0.6 is 31.9 Å². The first-order chi connectivity index (χ1) is 9.49. The zero-order valence-electron chi connectivity index (χ0n) is 11.4. The molecule has 0 aliphatic rings. The van der Waals surface area contributed by atoms with Crippen LogP contribution in [0.1, 0.15) is 24.2 Å². The van der Waals surface area contributed by atoms with Crippen LogP contribution in [-0.2, 0) is 0 Å². The fourth-order valence-corrected chi connectivity index (χ4v) is 2.85. The minimum atomic E-state index is -0.196. The molecular formula is C16H17Br2NO. The maximum Gasteiger partial charge on any atom is 0.140 e. The number of benzene rings is 2. The molecule has 0 spiro atoms. The number of halogens is 2. The van der Waals surface area contributed by atoms with Crippen molar-refractivity contribution in [2.24, 2.45) is 5.73 Å². The molecule has 2 aromatic rings. The lowest BCUT2D eigenvalue weighted by molar-refractivity contribution is 0.178. The maximum atomic E-state index is 6.17. The van der Waals surface area contributed by atoms with E-state index in [1.165, 1.54) is 0 Å². The van der Waals surface area contributed by atoms with E-state index in [1.807, 2.05) is 56.3 Å². The molecule has 2 nitrogen and oxygen atoms in total. The molecule has 0 amide bonds. The summed E-state index contributed by atoms with van der Waals surface area (Å²) in [7, 11) is 0. The average Bonchev–Trinajstić information content (AvgIpc) is 2.40. The van der Waals surface area contributed by atoms with Gasteiger partial charge in [-0.25, -0.2) is 0 Å². The molecule has 4 heteroatoms. The van der Waals surface area contributed by atoms with E-state index in [-0.39, 0.29) is 12.1 Å². The van der Waals surface area contributed by atoms with Gasteiger partial charge < -0.3 is 10.5 Å². The highest BCUT2D eigenvalue weighted by Crippen LogP contribution is 2.32. The average molecular weight is 399 g/mol. The largest absolute Gasteiger partial charge is 0.484 e. The van der Waals surface area contributed by atoms with Crippen LogP contribution in [0.2, 0.25) is 0 Å². The van der Waals surface area contributed by atoms with E-state index in [1.54, 1.807) is 0 Å². The van der Waals surface area contributed by atoms with Crippen molar-refractivity contribution < 1.29 is 4.74 Å². The molecule has 0 radical (unpaired) electrons. The Labute approximate surface area is 136 Å². The van der Waals surface area contributed by atoms with Crippen molar-refractivity contribution in [2.75, 3.05) is 0 Å². The standard InChI is InChI=1S/C16H17Br2NO/c1-10-7-8-12(17)9-15(10)20-16(11(2)19)13-5-3-4-6-14(13)18/h3-9,11,16H,19H2,1-2H3. The topological polar surface area (TPSA) is 35.2 Å². The van der Waals surface area contributed by atoms with E-state index in [9.17, 15) is 0 Å². The molecule has 20 heavy (non-hydrogen) atoms. The minimum absolute atomic E-state index is 0.118. The third kappa shape index (κ3) is 3.62. The van der Waals surface area contributed by atoms with Crippen LogP contribution in [-0.4, -0.2) is 6.04 Å². The van der Waals surface area contributed by atoms with Crippen molar-refractivity contribution in [2.45, 2.75) is 26.0 Å². The number of aryl methyl sites for hydroxylation is 1. The van der Waals surface area contributed by atoms with E-state index < -0.39 is 0 Å². The minimum Gasteiger partial charge on any atom is -0.484 e. The van der Waals surface area contributed by atoms with Crippen LogP contribution in [0.3, 0.4) is 0 Å². The van der Waals surface area contributed by atoms with Crippen LogP contribution in [0.5, 0.6) is 5.75 Å². The van der Waals surface area contributed by atoms with Crippen molar-refractivity contribution in [3.8, 4) is 5.75 Å². The van der Waals surface area contributed by atoms with Gasteiger partial charge in [0.15, 0.2) is 0 Å². The summed E-state index contributed by atoms with van der Waals surface area (Å²) in [5, 5.41) is 0. The Bertz CT molecular complexity index is 599. The van der Waals surface area contributed by atoms with E-state index in [2.05, 4.69) is 31.9 Å². The molecule has 2 aromatic carbocycles.